The van der Waals surface area contributed by atoms with Gasteiger partial charge in [0.05, 0.1) is 0 Å². The summed E-state index contributed by atoms with van der Waals surface area (Å²) in [5.41, 5.74) is 16.4. The molecule has 0 aromatic heterocycles. The van der Waals surface area contributed by atoms with E-state index >= 15 is 0 Å². The van der Waals surface area contributed by atoms with Crippen molar-refractivity contribution in [3.63, 3.8) is 0 Å². The van der Waals surface area contributed by atoms with Gasteiger partial charge in [0, 0.05) is 0 Å². The fourth-order valence-corrected chi connectivity index (χ4v) is 8.03. The van der Waals surface area contributed by atoms with Crippen LogP contribution in [0.3, 0.4) is 0 Å². The molecule has 262 valence electrons. The minimum absolute atomic E-state index is 0.226. The molecule has 0 aromatic rings. The van der Waals surface area contributed by atoms with Crippen molar-refractivity contribution < 1.29 is 0 Å². The van der Waals surface area contributed by atoms with Crippen LogP contribution in [-0.4, -0.2) is 0 Å². The van der Waals surface area contributed by atoms with Gasteiger partial charge in [-0.3, -0.25) is 0 Å². The van der Waals surface area contributed by atoms with Gasteiger partial charge < -0.3 is 0 Å². The van der Waals surface area contributed by atoms with E-state index in [9.17, 15) is 0 Å². The van der Waals surface area contributed by atoms with E-state index in [4.69, 9.17) is 0 Å². The molecular weight excluding hydrogens is 589 g/mol. The maximum atomic E-state index is 2.42. The second-order valence-corrected chi connectivity index (χ2v) is 16.7. The molecule has 0 bridgehead atoms. The maximum Gasteiger partial charge on any atom is -0.00977 e. The predicted molar refractivity (Wildman–Crippen MR) is 218 cm³/mol. The molecule has 4 rings (SSSR count). The molecule has 4 aliphatic rings. The number of allylic oxidation sites excluding steroid dienone is 26. The highest BCUT2D eigenvalue weighted by molar-refractivity contribution is 5.49. The van der Waals surface area contributed by atoms with Gasteiger partial charge in [0.2, 0.25) is 0 Å². The summed E-state index contributed by atoms with van der Waals surface area (Å²) in [5.74, 6) is 0.515. The van der Waals surface area contributed by atoms with Crippen molar-refractivity contribution in [3.05, 3.63) is 152 Å². The fraction of sp³-hybridized carbons (Fsp3) is 0.469. The first kappa shape index (κ1) is 38.4. The van der Waals surface area contributed by atoms with Gasteiger partial charge >= 0.3 is 0 Å². The molecule has 0 spiro atoms. The van der Waals surface area contributed by atoms with Gasteiger partial charge in [-0.1, -0.05) is 148 Å². The van der Waals surface area contributed by atoms with Crippen LogP contribution in [0.15, 0.2) is 152 Å². The quantitative estimate of drug-likeness (QED) is 0.217. The van der Waals surface area contributed by atoms with E-state index in [0.29, 0.717) is 5.92 Å². The van der Waals surface area contributed by atoms with Crippen molar-refractivity contribution >= 4 is 0 Å². The Morgan fingerprint density at radius 2 is 1.35 bits per heavy atom. The predicted octanol–water partition coefficient (Wildman–Crippen LogP) is 15.0. The van der Waals surface area contributed by atoms with Gasteiger partial charge in [0.15, 0.2) is 0 Å². The van der Waals surface area contributed by atoms with E-state index in [-0.39, 0.29) is 10.8 Å². The average molecular weight is 655 g/mol. The Bertz CT molecular complexity index is 1620. The van der Waals surface area contributed by atoms with Crippen molar-refractivity contribution in [2.45, 2.75) is 133 Å². The maximum absolute atomic E-state index is 2.42. The van der Waals surface area contributed by atoms with Crippen LogP contribution in [0.25, 0.3) is 0 Å². The van der Waals surface area contributed by atoms with E-state index in [0.717, 1.165) is 6.42 Å². The van der Waals surface area contributed by atoms with Crippen LogP contribution in [0, 0.1) is 16.7 Å². The Hall–Kier alpha value is -3.38. The zero-order valence-electron chi connectivity index (χ0n) is 32.8. The third-order valence-corrected chi connectivity index (χ3v) is 11.2. The number of hydrogen-bond acceptors (Lipinski definition) is 0. The second-order valence-electron chi connectivity index (χ2n) is 16.7. The minimum atomic E-state index is 0.226. The summed E-state index contributed by atoms with van der Waals surface area (Å²) >= 11 is 0. The molecule has 0 N–H and O–H groups in total. The Morgan fingerprint density at radius 1 is 0.694 bits per heavy atom. The van der Waals surface area contributed by atoms with E-state index in [1.54, 1.807) is 22.3 Å². The first-order valence-electron chi connectivity index (χ1n) is 19.2. The molecule has 0 heteroatoms. The normalized spacial score (nSPS) is 27.4. The molecule has 1 atom stereocenters. The Kier molecular flexibility index (Phi) is 13.7. The highest BCUT2D eigenvalue weighted by Crippen LogP contribution is 2.46. The third-order valence-electron chi connectivity index (χ3n) is 11.2. The molecule has 0 saturated heterocycles. The number of rotatable bonds is 9. The molecule has 0 amide bonds. The first-order chi connectivity index (χ1) is 23.2. The smallest absolute Gasteiger partial charge is 0.00977 e. The zero-order valence-corrected chi connectivity index (χ0v) is 32.8. The fourth-order valence-electron chi connectivity index (χ4n) is 8.03. The molecule has 1 fully saturated rings. The van der Waals surface area contributed by atoms with Gasteiger partial charge in [0.25, 0.3) is 0 Å². The van der Waals surface area contributed by atoms with E-state index < -0.39 is 0 Å². The molecule has 0 aliphatic heterocycles. The largest absolute Gasteiger partial charge is 0.0808 e. The summed E-state index contributed by atoms with van der Waals surface area (Å²) in [6.45, 7) is 23.2. The summed E-state index contributed by atoms with van der Waals surface area (Å²) in [6.07, 6.45) is 47.1. The lowest BCUT2D eigenvalue weighted by Gasteiger charge is -2.35. The van der Waals surface area contributed by atoms with Crippen LogP contribution in [0.4, 0.5) is 0 Å². The average Bonchev–Trinajstić information content (AvgIpc) is 3.55. The SMILES string of the molecule is CC1=C(/C=C/C(C)=C/C=C/C(C)=C/C2=C\CC(C)\C=C/C(/C=C/C=C(C)/C=C/C3=C(C)C(=C4CCCC4)CCC3(C)C)=C\2)C(C)(C)CCC1. The molecule has 4 aliphatic carbocycles. The molecule has 0 nitrogen and oxygen atoms in total. The summed E-state index contributed by atoms with van der Waals surface area (Å²) in [6, 6.07) is 0. The van der Waals surface area contributed by atoms with Crippen LogP contribution in [-0.2, 0) is 0 Å². The van der Waals surface area contributed by atoms with Crippen molar-refractivity contribution in [1.82, 2.24) is 0 Å². The Labute approximate surface area is 301 Å². The van der Waals surface area contributed by atoms with Crippen LogP contribution in [0.5, 0.6) is 0 Å². The highest BCUT2D eigenvalue weighted by atomic mass is 14.4. The molecule has 0 heterocycles. The minimum Gasteiger partial charge on any atom is -0.0808 e. The van der Waals surface area contributed by atoms with Crippen LogP contribution in [0.2, 0.25) is 0 Å². The van der Waals surface area contributed by atoms with Crippen LogP contribution < -0.4 is 0 Å². The molecule has 0 aromatic carbocycles. The monoisotopic (exact) mass is 655 g/mol. The Balaban J connectivity index is 1.45. The zero-order chi connectivity index (χ0) is 35.6. The van der Waals surface area contributed by atoms with E-state index in [2.05, 4.69) is 160 Å². The lowest BCUT2D eigenvalue weighted by molar-refractivity contribution is 0.377. The Morgan fingerprint density at radius 3 is 2.04 bits per heavy atom. The molecule has 1 unspecified atom stereocenters. The van der Waals surface area contributed by atoms with Gasteiger partial charge in [-0.2, -0.15) is 0 Å². The number of hydrogen-bond donors (Lipinski definition) is 0. The third kappa shape index (κ3) is 11.3. The van der Waals surface area contributed by atoms with Crippen LogP contribution in [0.1, 0.15) is 133 Å². The van der Waals surface area contributed by atoms with Crippen molar-refractivity contribution in [3.8, 4) is 0 Å². The first-order valence-corrected chi connectivity index (χ1v) is 19.2. The summed E-state index contributed by atoms with van der Waals surface area (Å²) in [4.78, 5) is 0. The van der Waals surface area contributed by atoms with E-state index in [1.807, 2.05) is 0 Å². The van der Waals surface area contributed by atoms with Crippen LogP contribution >= 0.6 is 0 Å². The summed E-state index contributed by atoms with van der Waals surface area (Å²) < 4.78 is 0. The molecule has 1 saturated carbocycles. The van der Waals surface area contributed by atoms with Gasteiger partial charge in [-0.25, -0.2) is 0 Å². The van der Waals surface area contributed by atoms with Gasteiger partial charge in [0.1, 0.15) is 0 Å². The van der Waals surface area contributed by atoms with Crippen molar-refractivity contribution in [1.29, 1.82) is 0 Å². The standard InChI is InChI=1S/C49H66/c1-36(25-29-46-40(5)19-15-32-48(46,7)8)16-13-18-39(4)34-43-28-24-38(3)23-27-42(35-43)20-14-17-37(2)26-30-47-41(6)45(31-33-49(47,9)10)44-21-11-12-22-44/h13-14,16-18,20,23,25-30,34-35,38H,11-12,15,19,21-22,24,31-33H2,1-10H3/b18-13+,20-14+,27-23-,29-25+,30-26+,36-16+,37-17+,39-34+,42-35-,43-28+. The lowest BCUT2D eigenvalue weighted by Crippen LogP contribution is -2.21. The highest BCUT2D eigenvalue weighted by Gasteiger charge is 2.30. The van der Waals surface area contributed by atoms with E-state index in [1.165, 1.54) is 96.8 Å². The van der Waals surface area contributed by atoms with Crippen molar-refractivity contribution in [2.75, 3.05) is 0 Å². The van der Waals surface area contributed by atoms with Crippen molar-refractivity contribution in [2.24, 2.45) is 16.7 Å². The summed E-state index contributed by atoms with van der Waals surface area (Å²) in [7, 11) is 0. The van der Waals surface area contributed by atoms with Gasteiger partial charge in [-0.15, -0.1) is 0 Å². The molecule has 0 radical (unpaired) electrons. The topological polar surface area (TPSA) is 0 Å². The molecule has 49 heavy (non-hydrogen) atoms. The lowest BCUT2D eigenvalue weighted by atomic mass is 9.70. The molecular formula is C49H66. The second kappa shape index (κ2) is 17.5. The van der Waals surface area contributed by atoms with Gasteiger partial charge in [-0.05, 0) is 155 Å². The summed E-state index contributed by atoms with van der Waals surface area (Å²) in [5, 5.41) is 0.